The average Bonchev–Trinajstić information content (AvgIpc) is 2.48. The first-order valence-corrected chi connectivity index (χ1v) is 9.55. The Morgan fingerprint density at radius 2 is 1.55 bits per heavy atom. The Bertz CT molecular complexity index is 214. The summed E-state index contributed by atoms with van der Waals surface area (Å²) >= 11 is 0. The van der Waals surface area contributed by atoms with E-state index in [0.717, 1.165) is 24.4 Å². The molecule has 1 aliphatic rings. The zero-order valence-electron chi connectivity index (χ0n) is 14.4. The Hall–Kier alpha value is -0.0400. The largest absolute Gasteiger partial charge is 0.314 e. The zero-order chi connectivity index (χ0) is 14.6. The van der Waals surface area contributed by atoms with Gasteiger partial charge in [0, 0.05) is 6.04 Å². The minimum atomic E-state index is 0.822. The molecule has 0 radical (unpaired) electrons. The summed E-state index contributed by atoms with van der Waals surface area (Å²) in [6.07, 6.45) is 17.4. The highest BCUT2D eigenvalue weighted by molar-refractivity contribution is 4.84. The van der Waals surface area contributed by atoms with Gasteiger partial charge in [-0.05, 0) is 44.1 Å². The van der Waals surface area contributed by atoms with Crippen molar-refractivity contribution in [1.82, 2.24) is 5.32 Å². The van der Waals surface area contributed by atoms with Crippen LogP contribution in [0.1, 0.15) is 97.8 Å². The third-order valence-electron chi connectivity index (χ3n) is 5.31. The van der Waals surface area contributed by atoms with Gasteiger partial charge in [0.05, 0.1) is 0 Å². The van der Waals surface area contributed by atoms with E-state index in [4.69, 9.17) is 0 Å². The number of hydrogen-bond acceptors (Lipinski definition) is 1. The van der Waals surface area contributed by atoms with E-state index in [0.29, 0.717) is 0 Å². The van der Waals surface area contributed by atoms with Crippen molar-refractivity contribution in [1.29, 1.82) is 0 Å². The Balaban J connectivity index is 2.16. The lowest BCUT2D eigenvalue weighted by Gasteiger charge is -2.36. The van der Waals surface area contributed by atoms with Crippen molar-refractivity contribution in [2.45, 2.75) is 104 Å². The predicted molar refractivity (Wildman–Crippen MR) is 91.2 cm³/mol. The van der Waals surface area contributed by atoms with E-state index in [1.54, 1.807) is 0 Å². The maximum Gasteiger partial charge on any atom is 0.00954 e. The van der Waals surface area contributed by atoms with Crippen LogP contribution in [-0.4, -0.2) is 12.6 Å². The smallest absolute Gasteiger partial charge is 0.00954 e. The summed E-state index contributed by atoms with van der Waals surface area (Å²) < 4.78 is 0. The van der Waals surface area contributed by atoms with Crippen LogP contribution < -0.4 is 5.32 Å². The summed E-state index contributed by atoms with van der Waals surface area (Å²) in [5, 5.41) is 3.75. The molecular weight excluding hydrogens is 242 g/mol. The summed E-state index contributed by atoms with van der Waals surface area (Å²) in [4.78, 5) is 0. The fourth-order valence-electron chi connectivity index (χ4n) is 3.95. The van der Waals surface area contributed by atoms with Gasteiger partial charge in [-0.15, -0.1) is 0 Å². The van der Waals surface area contributed by atoms with Crippen LogP contribution in [-0.2, 0) is 0 Å². The molecule has 0 aromatic heterocycles. The Kier molecular flexibility index (Phi) is 10.4. The van der Waals surface area contributed by atoms with Crippen LogP contribution in [0.25, 0.3) is 0 Å². The zero-order valence-corrected chi connectivity index (χ0v) is 14.4. The van der Waals surface area contributed by atoms with Crippen molar-refractivity contribution in [3.8, 4) is 0 Å². The lowest BCUT2D eigenvalue weighted by molar-refractivity contribution is 0.188. The van der Waals surface area contributed by atoms with Crippen LogP contribution in [0.3, 0.4) is 0 Å². The molecule has 1 rings (SSSR count). The molecule has 20 heavy (non-hydrogen) atoms. The molecule has 1 N–H and O–H groups in total. The number of nitrogens with one attached hydrogen (secondary N) is 1. The lowest BCUT2D eigenvalue weighted by atomic mass is 9.75. The molecule has 0 bridgehead atoms. The Morgan fingerprint density at radius 3 is 2.20 bits per heavy atom. The van der Waals surface area contributed by atoms with Crippen LogP contribution >= 0.6 is 0 Å². The molecule has 0 aromatic rings. The second-order valence-electron chi connectivity index (χ2n) is 6.92. The molecule has 0 heterocycles. The third kappa shape index (κ3) is 7.11. The number of unbranched alkanes of at least 4 members (excludes halogenated alkanes) is 6. The van der Waals surface area contributed by atoms with Gasteiger partial charge in [-0.2, -0.15) is 0 Å². The molecule has 0 aromatic carbocycles. The molecule has 0 amide bonds. The predicted octanol–water partition coefficient (Wildman–Crippen LogP) is 5.93. The second-order valence-corrected chi connectivity index (χ2v) is 6.92. The molecule has 1 saturated carbocycles. The molecule has 0 spiro atoms. The van der Waals surface area contributed by atoms with Gasteiger partial charge in [0.2, 0.25) is 0 Å². The summed E-state index contributed by atoms with van der Waals surface area (Å²) in [6.45, 7) is 8.09. The van der Waals surface area contributed by atoms with Gasteiger partial charge in [-0.3, -0.25) is 0 Å². The molecular formula is C19H39N. The average molecular weight is 282 g/mol. The fraction of sp³-hybridized carbons (Fsp3) is 1.00. The van der Waals surface area contributed by atoms with E-state index >= 15 is 0 Å². The highest BCUT2D eigenvalue weighted by Crippen LogP contribution is 2.34. The van der Waals surface area contributed by atoms with Gasteiger partial charge in [0.15, 0.2) is 0 Å². The highest BCUT2D eigenvalue weighted by Gasteiger charge is 2.28. The van der Waals surface area contributed by atoms with Crippen molar-refractivity contribution >= 4 is 0 Å². The van der Waals surface area contributed by atoms with Crippen LogP contribution in [0.2, 0.25) is 0 Å². The quantitative estimate of drug-likeness (QED) is 0.463. The first-order valence-electron chi connectivity index (χ1n) is 9.55. The molecule has 0 saturated heterocycles. The van der Waals surface area contributed by atoms with Crippen molar-refractivity contribution in [2.75, 3.05) is 6.54 Å². The van der Waals surface area contributed by atoms with Gasteiger partial charge >= 0.3 is 0 Å². The van der Waals surface area contributed by atoms with Crippen LogP contribution in [0.15, 0.2) is 0 Å². The Labute approximate surface area is 128 Å². The third-order valence-corrected chi connectivity index (χ3v) is 5.31. The molecule has 1 fully saturated rings. The van der Waals surface area contributed by atoms with Crippen molar-refractivity contribution in [2.24, 2.45) is 11.8 Å². The second kappa shape index (κ2) is 11.6. The summed E-state index contributed by atoms with van der Waals surface area (Å²) in [7, 11) is 0. The first-order chi connectivity index (χ1) is 9.81. The summed E-state index contributed by atoms with van der Waals surface area (Å²) in [6, 6.07) is 0.822. The van der Waals surface area contributed by atoms with Crippen LogP contribution in [0.5, 0.6) is 0 Å². The van der Waals surface area contributed by atoms with E-state index < -0.39 is 0 Å². The topological polar surface area (TPSA) is 12.0 Å². The standard InChI is InChI=1S/C19H39N/c1-4-7-8-9-10-11-12-13-18-16-17(5-2)14-15-19(18)20-6-3/h17-20H,4-16H2,1-3H3. The van der Waals surface area contributed by atoms with E-state index in [2.05, 4.69) is 26.1 Å². The maximum atomic E-state index is 3.75. The van der Waals surface area contributed by atoms with Gasteiger partial charge < -0.3 is 5.32 Å². The van der Waals surface area contributed by atoms with Crippen LogP contribution in [0, 0.1) is 11.8 Å². The number of rotatable bonds is 11. The molecule has 3 unspecified atom stereocenters. The van der Waals surface area contributed by atoms with E-state index in [1.807, 2.05) is 0 Å². The SMILES string of the molecule is CCCCCCCCCC1CC(CC)CCC1NCC. The molecule has 1 aliphatic carbocycles. The molecule has 120 valence electrons. The van der Waals surface area contributed by atoms with E-state index in [9.17, 15) is 0 Å². The maximum absolute atomic E-state index is 3.75. The van der Waals surface area contributed by atoms with Gasteiger partial charge in [-0.1, -0.05) is 72.1 Å². The van der Waals surface area contributed by atoms with E-state index in [-0.39, 0.29) is 0 Å². The van der Waals surface area contributed by atoms with Crippen molar-refractivity contribution in [3.05, 3.63) is 0 Å². The molecule has 0 aliphatic heterocycles. The minimum absolute atomic E-state index is 0.822. The van der Waals surface area contributed by atoms with Crippen molar-refractivity contribution < 1.29 is 0 Å². The van der Waals surface area contributed by atoms with E-state index in [1.165, 1.54) is 77.0 Å². The van der Waals surface area contributed by atoms with Gasteiger partial charge in [0.25, 0.3) is 0 Å². The first kappa shape index (κ1) is 18.0. The summed E-state index contributed by atoms with van der Waals surface area (Å²) in [5.74, 6) is 1.98. The summed E-state index contributed by atoms with van der Waals surface area (Å²) in [5.41, 5.74) is 0. The van der Waals surface area contributed by atoms with Gasteiger partial charge in [-0.25, -0.2) is 0 Å². The van der Waals surface area contributed by atoms with Gasteiger partial charge in [0.1, 0.15) is 0 Å². The normalized spacial score (nSPS) is 26.9. The minimum Gasteiger partial charge on any atom is -0.314 e. The van der Waals surface area contributed by atoms with Crippen molar-refractivity contribution in [3.63, 3.8) is 0 Å². The number of hydrogen-bond donors (Lipinski definition) is 1. The molecule has 3 atom stereocenters. The molecule has 1 nitrogen and oxygen atoms in total. The Morgan fingerprint density at radius 1 is 0.850 bits per heavy atom. The fourth-order valence-corrected chi connectivity index (χ4v) is 3.95. The lowest BCUT2D eigenvalue weighted by Crippen LogP contribution is -2.40. The monoisotopic (exact) mass is 281 g/mol. The molecule has 1 heteroatoms. The van der Waals surface area contributed by atoms with Crippen LogP contribution in [0.4, 0.5) is 0 Å². The highest BCUT2D eigenvalue weighted by atomic mass is 14.9.